The topological polar surface area (TPSA) is 76.2 Å². The number of aromatic nitrogens is 2. The molecule has 146 valence electrons. The number of benzene rings is 2. The number of nitrogens with zero attached hydrogens (tertiary/aromatic N) is 1. The summed E-state index contributed by atoms with van der Waals surface area (Å²) in [6, 6.07) is 11.1. The number of rotatable bonds is 7. The third-order valence-corrected chi connectivity index (χ3v) is 4.10. The van der Waals surface area contributed by atoms with Crippen molar-refractivity contribution in [2.24, 2.45) is 0 Å². The maximum atomic E-state index is 13.4. The molecule has 0 aliphatic carbocycles. The number of aromatic amines is 1. The fourth-order valence-corrected chi connectivity index (χ4v) is 2.89. The first-order valence-corrected chi connectivity index (χ1v) is 9.05. The molecule has 2 N–H and O–H groups in total. The molecule has 0 unspecified atom stereocenters. The van der Waals surface area contributed by atoms with E-state index in [1.807, 2.05) is 39.0 Å². The zero-order chi connectivity index (χ0) is 20.1. The Balaban J connectivity index is 1.94. The molecule has 28 heavy (non-hydrogen) atoms. The molecule has 0 atom stereocenters. The van der Waals surface area contributed by atoms with Gasteiger partial charge in [-0.3, -0.25) is 9.89 Å². The molecule has 6 nitrogen and oxygen atoms in total. The standard InChI is InChI=1S/C21H22FN3O3/c1-4-27-17-10-9-14(12-18(17)28-5-2)19-13(3)24-25-20(19)23-21(26)15-7-6-8-16(22)11-15/h6-12H,4-5H2,1-3H3,(H2,23,24,25,26). The van der Waals surface area contributed by atoms with Crippen LogP contribution in [0.2, 0.25) is 0 Å². The van der Waals surface area contributed by atoms with E-state index < -0.39 is 11.7 Å². The minimum absolute atomic E-state index is 0.216. The third kappa shape index (κ3) is 4.14. The lowest BCUT2D eigenvalue weighted by Gasteiger charge is -2.13. The molecule has 2 aromatic carbocycles. The first kappa shape index (κ1) is 19.4. The largest absolute Gasteiger partial charge is 0.490 e. The van der Waals surface area contributed by atoms with Gasteiger partial charge in [0.05, 0.1) is 13.2 Å². The van der Waals surface area contributed by atoms with Gasteiger partial charge >= 0.3 is 0 Å². The van der Waals surface area contributed by atoms with E-state index in [0.717, 1.165) is 16.8 Å². The number of aryl methyl sites for hydroxylation is 1. The van der Waals surface area contributed by atoms with Gasteiger partial charge in [-0.2, -0.15) is 5.10 Å². The van der Waals surface area contributed by atoms with Crippen molar-refractivity contribution in [1.82, 2.24) is 10.2 Å². The molecule has 1 aromatic heterocycles. The lowest BCUT2D eigenvalue weighted by atomic mass is 10.0. The highest BCUT2D eigenvalue weighted by Crippen LogP contribution is 2.36. The number of halogens is 1. The summed E-state index contributed by atoms with van der Waals surface area (Å²) in [5.74, 6) is 0.713. The normalized spacial score (nSPS) is 10.6. The second kappa shape index (κ2) is 8.56. The van der Waals surface area contributed by atoms with Crippen molar-refractivity contribution in [3.63, 3.8) is 0 Å². The SMILES string of the molecule is CCOc1ccc(-c2c(NC(=O)c3cccc(F)c3)n[nH]c2C)cc1OCC. The van der Waals surface area contributed by atoms with E-state index in [-0.39, 0.29) is 5.56 Å². The first-order chi connectivity index (χ1) is 13.5. The van der Waals surface area contributed by atoms with Crippen LogP contribution >= 0.6 is 0 Å². The number of ether oxygens (including phenoxy) is 2. The van der Waals surface area contributed by atoms with Crippen molar-refractivity contribution < 1.29 is 18.7 Å². The Morgan fingerprint density at radius 3 is 2.57 bits per heavy atom. The van der Waals surface area contributed by atoms with Gasteiger partial charge in [-0.05, 0) is 56.7 Å². The van der Waals surface area contributed by atoms with Crippen molar-refractivity contribution in [1.29, 1.82) is 0 Å². The monoisotopic (exact) mass is 383 g/mol. The second-order valence-electron chi connectivity index (χ2n) is 6.06. The number of carbonyl (C=O) groups excluding carboxylic acids is 1. The van der Waals surface area contributed by atoms with Crippen molar-refractivity contribution in [3.8, 4) is 22.6 Å². The van der Waals surface area contributed by atoms with Crippen LogP contribution in [0.4, 0.5) is 10.2 Å². The maximum absolute atomic E-state index is 13.4. The summed E-state index contributed by atoms with van der Waals surface area (Å²) in [4.78, 5) is 12.5. The predicted octanol–water partition coefficient (Wildman–Crippen LogP) is 4.57. The number of carbonyl (C=O) groups is 1. The molecule has 7 heteroatoms. The number of anilines is 1. The van der Waals surface area contributed by atoms with Crippen LogP contribution in [0.15, 0.2) is 42.5 Å². The van der Waals surface area contributed by atoms with Crippen LogP contribution in [-0.4, -0.2) is 29.3 Å². The van der Waals surface area contributed by atoms with Crippen LogP contribution in [-0.2, 0) is 0 Å². The summed E-state index contributed by atoms with van der Waals surface area (Å²) in [7, 11) is 0. The fraction of sp³-hybridized carbons (Fsp3) is 0.238. The van der Waals surface area contributed by atoms with E-state index >= 15 is 0 Å². The van der Waals surface area contributed by atoms with E-state index in [4.69, 9.17) is 9.47 Å². The highest BCUT2D eigenvalue weighted by molar-refractivity contribution is 6.05. The Labute approximate surface area is 162 Å². The summed E-state index contributed by atoms with van der Waals surface area (Å²) < 4.78 is 24.7. The second-order valence-corrected chi connectivity index (χ2v) is 6.06. The van der Waals surface area contributed by atoms with E-state index in [0.29, 0.717) is 30.5 Å². The summed E-state index contributed by atoms with van der Waals surface area (Å²) in [5, 5.41) is 9.82. The Morgan fingerprint density at radius 2 is 1.86 bits per heavy atom. The molecule has 1 amide bonds. The molecule has 0 aliphatic rings. The smallest absolute Gasteiger partial charge is 0.256 e. The highest BCUT2D eigenvalue weighted by Gasteiger charge is 2.18. The van der Waals surface area contributed by atoms with Crippen molar-refractivity contribution in [2.75, 3.05) is 18.5 Å². The van der Waals surface area contributed by atoms with Crippen LogP contribution in [0.1, 0.15) is 29.9 Å². The van der Waals surface area contributed by atoms with Gasteiger partial charge in [-0.15, -0.1) is 0 Å². The van der Waals surface area contributed by atoms with Gasteiger partial charge in [0.1, 0.15) is 5.82 Å². The molecule has 0 fully saturated rings. The minimum atomic E-state index is -0.473. The van der Waals surface area contributed by atoms with E-state index in [1.165, 1.54) is 18.2 Å². The number of nitrogens with one attached hydrogen (secondary N) is 2. The summed E-state index contributed by atoms with van der Waals surface area (Å²) >= 11 is 0. The van der Waals surface area contributed by atoms with Crippen molar-refractivity contribution in [3.05, 3.63) is 59.5 Å². The highest BCUT2D eigenvalue weighted by atomic mass is 19.1. The van der Waals surface area contributed by atoms with Gasteiger partial charge in [0.2, 0.25) is 0 Å². The van der Waals surface area contributed by atoms with Crippen LogP contribution in [0.25, 0.3) is 11.1 Å². The van der Waals surface area contributed by atoms with Crippen molar-refractivity contribution in [2.45, 2.75) is 20.8 Å². The maximum Gasteiger partial charge on any atom is 0.256 e. The van der Waals surface area contributed by atoms with Gasteiger partial charge in [-0.25, -0.2) is 4.39 Å². The summed E-state index contributed by atoms with van der Waals surface area (Å²) in [5.41, 5.74) is 2.54. The lowest BCUT2D eigenvalue weighted by Crippen LogP contribution is -2.13. The quantitative estimate of drug-likeness (QED) is 0.626. The van der Waals surface area contributed by atoms with E-state index in [2.05, 4.69) is 15.5 Å². The Bertz CT molecular complexity index is 985. The molecule has 3 rings (SSSR count). The first-order valence-electron chi connectivity index (χ1n) is 9.05. The Hall–Kier alpha value is -3.35. The molecule has 0 saturated heterocycles. The summed E-state index contributed by atoms with van der Waals surface area (Å²) in [6.45, 7) is 6.69. The molecule has 0 bridgehead atoms. The van der Waals surface area contributed by atoms with Crippen molar-refractivity contribution >= 4 is 11.7 Å². The van der Waals surface area contributed by atoms with E-state index in [1.54, 1.807) is 6.07 Å². The van der Waals surface area contributed by atoms with Gasteiger partial charge in [0.15, 0.2) is 17.3 Å². The van der Waals surface area contributed by atoms with Gasteiger partial charge in [0.25, 0.3) is 5.91 Å². The average molecular weight is 383 g/mol. The zero-order valence-electron chi connectivity index (χ0n) is 16.0. The summed E-state index contributed by atoms with van der Waals surface area (Å²) in [6.07, 6.45) is 0. The number of hydrogen-bond donors (Lipinski definition) is 2. The van der Waals surface area contributed by atoms with Gasteiger partial charge in [-0.1, -0.05) is 12.1 Å². The Morgan fingerprint density at radius 1 is 1.11 bits per heavy atom. The predicted molar refractivity (Wildman–Crippen MR) is 105 cm³/mol. The molecule has 0 saturated carbocycles. The van der Waals surface area contributed by atoms with Crippen LogP contribution in [0, 0.1) is 12.7 Å². The third-order valence-electron chi connectivity index (χ3n) is 4.10. The fourth-order valence-electron chi connectivity index (χ4n) is 2.89. The number of hydrogen-bond acceptors (Lipinski definition) is 4. The molecule has 0 spiro atoms. The van der Waals surface area contributed by atoms with Crippen LogP contribution in [0.3, 0.4) is 0 Å². The van der Waals surface area contributed by atoms with Crippen LogP contribution < -0.4 is 14.8 Å². The zero-order valence-corrected chi connectivity index (χ0v) is 16.0. The Kier molecular flexibility index (Phi) is 5.93. The molecule has 0 aliphatic heterocycles. The molecule has 0 radical (unpaired) electrons. The van der Waals surface area contributed by atoms with E-state index in [9.17, 15) is 9.18 Å². The molecule has 3 aromatic rings. The van der Waals surface area contributed by atoms with Crippen LogP contribution in [0.5, 0.6) is 11.5 Å². The van der Waals surface area contributed by atoms with Gasteiger partial charge < -0.3 is 14.8 Å². The molecular weight excluding hydrogens is 361 g/mol. The lowest BCUT2D eigenvalue weighted by molar-refractivity contribution is 0.102. The average Bonchev–Trinajstić information content (AvgIpc) is 3.03. The number of H-pyrrole nitrogens is 1. The number of amides is 1. The molecular formula is C21H22FN3O3. The van der Waals surface area contributed by atoms with Gasteiger partial charge in [0, 0.05) is 16.8 Å². The minimum Gasteiger partial charge on any atom is -0.490 e. The molecule has 1 heterocycles.